The zero-order valence-corrected chi connectivity index (χ0v) is 18.6. The molecule has 3 aromatic rings. The number of likely N-dealkylation sites (N-methyl/N-ethyl adjacent to an activating group) is 2. The summed E-state index contributed by atoms with van der Waals surface area (Å²) >= 11 is 6.07. The highest BCUT2D eigenvalue weighted by atomic mass is 35.5. The molecule has 0 spiro atoms. The number of carbonyl (C=O) groups is 1. The van der Waals surface area contributed by atoms with E-state index < -0.39 is 5.97 Å². The number of halogens is 1. The molecule has 2 aromatic heterocycles. The van der Waals surface area contributed by atoms with E-state index in [1.165, 1.54) is 12.3 Å². The first-order valence-corrected chi connectivity index (χ1v) is 10.5. The predicted molar refractivity (Wildman–Crippen MR) is 126 cm³/mol. The van der Waals surface area contributed by atoms with Crippen molar-refractivity contribution in [3.8, 4) is 0 Å². The van der Waals surface area contributed by atoms with Gasteiger partial charge in [-0.15, -0.1) is 0 Å². The van der Waals surface area contributed by atoms with Crippen LogP contribution in [0.1, 0.15) is 16.1 Å². The Balaban J connectivity index is 1.60. The van der Waals surface area contributed by atoms with Crippen LogP contribution in [0.4, 0.5) is 5.69 Å². The molecule has 2 aliphatic rings. The fraction of sp³-hybridized carbons (Fsp3) is 0.167. The second-order valence-electron chi connectivity index (χ2n) is 7.90. The lowest BCUT2D eigenvalue weighted by Crippen LogP contribution is -2.42. The third-order valence-corrected chi connectivity index (χ3v) is 6.42. The summed E-state index contributed by atoms with van der Waals surface area (Å²) in [5.74, 6) is -0.981. The van der Waals surface area contributed by atoms with E-state index in [0.29, 0.717) is 16.1 Å². The van der Waals surface area contributed by atoms with Gasteiger partial charge in [-0.1, -0.05) is 23.8 Å². The number of pyridine rings is 1. The number of H-pyrrole nitrogens is 1. The third-order valence-electron chi connectivity index (χ3n) is 6.17. The maximum atomic E-state index is 11.7. The maximum absolute atomic E-state index is 11.7. The number of hydrogen-bond acceptors (Lipinski definition) is 5. The SMILES string of the molecule is CN(C1=CC=CC2=C(c3cc4nccc(C(=O)O)c4[nH]3)N(C)N(C)C12)c1ccc(Cl)cc1. The number of hydrogen-bond donors (Lipinski definition) is 2. The Labute approximate surface area is 190 Å². The lowest BCUT2D eigenvalue weighted by Gasteiger charge is -2.35. The second kappa shape index (κ2) is 7.55. The molecule has 1 unspecified atom stereocenters. The zero-order chi connectivity index (χ0) is 22.6. The third kappa shape index (κ3) is 3.09. The van der Waals surface area contributed by atoms with Crippen LogP contribution in [0.3, 0.4) is 0 Å². The number of benzene rings is 1. The first kappa shape index (κ1) is 20.4. The van der Waals surface area contributed by atoms with Gasteiger partial charge in [-0.2, -0.15) is 0 Å². The number of nitrogens with zero attached hydrogens (tertiary/aromatic N) is 4. The van der Waals surface area contributed by atoms with Gasteiger partial charge in [0.05, 0.1) is 34.0 Å². The zero-order valence-electron chi connectivity index (χ0n) is 17.9. The van der Waals surface area contributed by atoms with Gasteiger partial charge >= 0.3 is 5.97 Å². The Hall–Kier alpha value is -3.55. The first-order chi connectivity index (χ1) is 15.4. The lowest BCUT2D eigenvalue weighted by atomic mass is 9.96. The number of fused-ring (bicyclic) bond motifs is 2. The maximum Gasteiger partial charge on any atom is 0.337 e. The molecule has 1 atom stereocenters. The molecule has 1 aromatic carbocycles. The highest BCUT2D eigenvalue weighted by Crippen LogP contribution is 2.41. The van der Waals surface area contributed by atoms with Crippen molar-refractivity contribution >= 4 is 40.0 Å². The number of hydrazine groups is 1. The summed E-state index contributed by atoms with van der Waals surface area (Å²) < 4.78 is 0. The molecule has 7 nitrogen and oxygen atoms in total. The standard InChI is InChI=1S/C24H22ClN5O2/c1-28(15-9-7-14(25)8-10-15)20-6-4-5-17-22(29(2)30(3)23(17)20)19-13-18-21(27-19)16(24(31)32)11-12-26-18/h4-13,23,27H,1-3H3,(H,31,32). The van der Waals surface area contributed by atoms with Crippen LogP contribution in [0, 0.1) is 0 Å². The Morgan fingerprint density at radius 2 is 1.97 bits per heavy atom. The smallest absolute Gasteiger partial charge is 0.337 e. The lowest BCUT2D eigenvalue weighted by molar-refractivity contribution is 0.0698. The number of aromatic carboxylic acids is 1. The van der Waals surface area contributed by atoms with Crippen LogP contribution < -0.4 is 4.90 Å². The number of anilines is 1. The van der Waals surface area contributed by atoms with Crippen molar-refractivity contribution in [3.63, 3.8) is 0 Å². The number of aromatic nitrogens is 2. The van der Waals surface area contributed by atoms with E-state index in [1.54, 1.807) is 0 Å². The van der Waals surface area contributed by atoms with Gasteiger partial charge in [0, 0.05) is 49.3 Å². The average molecular weight is 448 g/mol. The summed E-state index contributed by atoms with van der Waals surface area (Å²) in [6.45, 7) is 0. The summed E-state index contributed by atoms with van der Waals surface area (Å²) in [4.78, 5) is 21.5. The minimum atomic E-state index is -0.981. The van der Waals surface area contributed by atoms with E-state index in [9.17, 15) is 9.90 Å². The molecular formula is C24H22ClN5O2. The molecule has 3 heterocycles. The molecule has 0 saturated carbocycles. The monoisotopic (exact) mass is 447 g/mol. The quantitative estimate of drug-likeness (QED) is 0.618. The van der Waals surface area contributed by atoms with Gasteiger partial charge in [0.15, 0.2) is 0 Å². The highest BCUT2D eigenvalue weighted by molar-refractivity contribution is 6.30. The van der Waals surface area contributed by atoms with Gasteiger partial charge < -0.3 is 20.0 Å². The van der Waals surface area contributed by atoms with Crippen molar-refractivity contribution < 1.29 is 9.90 Å². The van der Waals surface area contributed by atoms with Crippen LogP contribution in [0.25, 0.3) is 16.7 Å². The van der Waals surface area contributed by atoms with Gasteiger partial charge in [0.2, 0.25) is 0 Å². The van der Waals surface area contributed by atoms with Crippen molar-refractivity contribution in [2.45, 2.75) is 6.04 Å². The summed E-state index contributed by atoms with van der Waals surface area (Å²) in [6, 6.07) is 11.2. The van der Waals surface area contributed by atoms with Crippen molar-refractivity contribution in [2.75, 3.05) is 26.0 Å². The number of rotatable bonds is 4. The molecule has 2 N–H and O–H groups in total. The molecule has 32 heavy (non-hydrogen) atoms. The number of aromatic amines is 1. The van der Waals surface area contributed by atoms with Crippen LogP contribution in [-0.2, 0) is 0 Å². The molecule has 0 radical (unpaired) electrons. The predicted octanol–water partition coefficient (Wildman–Crippen LogP) is 4.38. The minimum absolute atomic E-state index is 0.000932. The molecular weight excluding hydrogens is 426 g/mol. The minimum Gasteiger partial charge on any atom is -0.478 e. The fourth-order valence-electron chi connectivity index (χ4n) is 4.48. The Morgan fingerprint density at radius 1 is 1.22 bits per heavy atom. The molecule has 0 amide bonds. The van der Waals surface area contributed by atoms with E-state index in [2.05, 4.69) is 37.0 Å². The second-order valence-corrected chi connectivity index (χ2v) is 8.33. The van der Waals surface area contributed by atoms with E-state index in [0.717, 1.165) is 28.3 Å². The molecule has 8 heteroatoms. The number of nitrogens with one attached hydrogen (secondary N) is 1. The van der Waals surface area contributed by atoms with E-state index in [-0.39, 0.29) is 11.6 Å². The van der Waals surface area contributed by atoms with Crippen LogP contribution in [0.2, 0.25) is 5.02 Å². The summed E-state index contributed by atoms with van der Waals surface area (Å²) in [6.07, 6.45) is 7.79. The van der Waals surface area contributed by atoms with Crippen LogP contribution in [0.5, 0.6) is 0 Å². The van der Waals surface area contributed by atoms with Crippen LogP contribution >= 0.6 is 11.6 Å². The van der Waals surface area contributed by atoms with Crippen molar-refractivity contribution in [1.29, 1.82) is 0 Å². The normalized spacial score (nSPS) is 18.3. The molecule has 1 aliphatic heterocycles. The Bertz CT molecular complexity index is 1320. The fourth-order valence-corrected chi connectivity index (χ4v) is 4.61. The van der Waals surface area contributed by atoms with Gasteiger partial charge in [-0.3, -0.25) is 4.98 Å². The average Bonchev–Trinajstić information content (AvgIpc) is 3.32. The highest BCUT2D eigenvalue weighted by Gasteiger charge is 2.39. The van der Waals surface area contributed by atoms with Gasteiger partial charge in [-0.05, 0) is 42.5 Å². The van der Waals surface area contributed by atoms with Crippen molar-refractivity contribution in [3.05, 3.63) is 88.4 Å². The van der Waals surface area contributed by atoms with Crippen molar-refractivity contribution in [2.24, 2.45) is 0 Å². The van der Waals surface area contributed by atoms with Gasteiger partial charge in [0.1, 0.15) is 0 Å². The Kier molecular flexibility index (Phi) is 4.80. The largest absolute Gasteiger partial charge is 0.478 e. The van der Waals surface area contributed by atoms with Crippen LogP contribution in [0.15, 0.2) is 72.1 Å². The molecule has 5 rings (SSSR count). The van der Waals surface area contributed by atoms with E-state index in [4.69, 9.17) is 11.6 Å². The molecule has 1 aliphatic carbocycles. The summed E-state index contributed by atoms with van der Waals surface area (Å²) in [5, 5.41) is 14.5. The number of allylic oxidation sites excluding steroid dienone is 2. The van der Waals surface area contributed by atoms with E-state index >= 15 is 0 Å². The summed E-state index contributed by atoms with van der Waals surface area (Å²) in [5.41, 5.74) is 6.45. The first-order valence-electron chi connectivity index (χ1n) is 10.2. The van der Waals surface area contributed by atoms with Crippen molar-refractivity contribution in [1.82, 2.24) is 20.0 Å². The number of carboxylic acid groups (broad SMARTS) is 1. The molecule has 162 valence electrons. The molecule has 0 fully saturated rings. The summed E-state index contributed by atoms with van der Waals surface area (Å²) in [7, 11) is 6.10. The Morgan fingerprint density at radius 3 is 2.69 bits per heavy atom. The molecule has 0 bridgehead atoms. The topological polar surface area (TPSA) is 75.7 Å². The van der Waals surface area contributed by atoms with Gasteiger partial charge in [-0.25, -0.2) is 9.80 Å². The van der Waals surface area contributed by atoms with Gasteiger partial charge in [0.25, 0.3) is 0 Å². The van der Waals surface area contributed by atoms with E-state index in [1.807, 2.05) is 57.6 Å². The molecule has 0 saturated heterocycles. The number of carboxylic acids is 1. The van der Waals surface area contributed by atoms with Crippen LogP contribution in [-0.4, -0.2) is 58.2 Å².